The highest BCUT2D eigenvalue weighted by Gasteiger charge is 1.98. The summed E-state index contributed by atoms with van der Waals surface area (Å²) in [5.74, 6) is 0.768. The molecule has 0 radical (unpaired) electrons. The third kappa shape index (κ3) is 3.13. The van der Waals surface area contributed by atoms with E-state index in [0.29, 0.717) is 6.42 Å². The van der Waals surface area contributed by atoms with Crippen molar-refractivity contribution >= 4 is 11.9 Å². The average Bonchev–Trinajstić information content (AvgIpc) is 2.39. The Bertz CT molecular complexity index is 552. The van der Waals surface area contributed by atoms with Gasteiger partial charge < -0.3 is 4.74 Å². The number of nitrogens with zero attached hydrogens (tertiary/aromatic N) is 3. The maximum absolute atomic E-state index is 5.23. The number of aliphatic imine (C=N–C) groups is 1. The van der Waals surface area contributed by atoms with Crippen LogP contribution in [0.1, 0.15) is 11.4 Å². The third-order valence-electron chi connectivity index (χ3n) is 2.42. The molecule has 18 heavy (non-hydrogen) atoms. The van der Waals surface area contributed by atoms with Gasteiger partial charge in [0.2, 0.25) is 0 Å². The number of methoxy groups -OCH3 is 1. The van der Waals surface area contributed by atoms with E-state index in [1.54, 1.807) is 19.5 Å². The van der Waals surface area contributed by atoms with E-state index >= 15 is 0 Å². The lowest BCUT2D eigenvalue weighted by Crippen LogP contribution is -1.94. The van der Waals surface area contributed by atoms with Crippen molar-refractivity contribution < 1.29 is 4.74 Å². The molecule has 0 spiro atoms. The van der Waals surface area contributed by atoms with E-state index in [1.807, 2.05) is 37.4 Å². The van der Waals surface area contributed by atoms with Crippen molar-refractivity contribution in [3.63, 3.8) is 0 Å². The second-order valence-electron chi connectivity index (χ2n) is 3.84. The minimum atomic E-state index is 0.659. The van der Waals surface area contributed by atoms with Crippen LogP contribution in [-0.4, -0.2) is 23.3 Å². The summed E-state index contributed by atoms with van der Waals surface area (Å²) in [6.07, 6.45) is 5.97. The van der Waals surface area contributed by atoms with Crippen molar-refractivity contribution in [1.82, 2.24) is 9.97 Å². The Morgan fingerprint density at radius 3 is 2.89 bits per heavy atom. The van der Waals surface area contributed by atoms with Crippen LogP contribution in [0.3, 0.4) is 0 Å². The van der Waals surface area contributed by atoms with Gasteiger partial charge in [0.1, 0.15) is 11.4 Å². The first kappa shape index (κ1) is 12.2. The van der Waals surface area contributed by atoms with Gasteiger partial charge >= 0.3 is 0 Å². The van der Waals surface area contributed by atoms with Crippen LogP contribution in [0.15, 0.2) is 41.7 Å². The number of hydrogen-bond donors (Lipinski definition) is 0. The van der Waals surface area contributed by atoms with E-state index in [4.69, 9.17) is 4.74 Å². The number of rotatable bonds is 4. The summed E-state index contributed by atoms with van der Waals surface area (Å²) in [6.45, 7) is 1.92. The number of benzene rings is 1. The van der Waals surface area contributed by atoms with Gasteiger partial charge in [0.05, 0.1) is 18.5 Å². The van der Waals surface area contributed by atoms with Gasteiger partial charge in [-0.05, 0) is 19.1 Å². The van der Waals surface area contributed by atoms with E-state index < -0.39 is 0 Å². The first-order chi connectivity index (χ1) is 8.79. The van der Waals surface area contributed by atoms with Gasteiger partial charge in [-0.25, -0.2) is 0 Å². The lowest BCUT2D eigenvalue weighted by molar-refractivity contribution is 0.416. The van der Waals surface area contributed by atoms with Crippen molar-refractivity contribution in [3.8, 4) is 5.75 Å². The van der Waals surface area contributed by atoms with Crippen molar-refractivity contribution in [2.45, 2.75) is 13.3 Å². The van der Waals surface area contributed by atoms with Crippen LogP contribution >= 0.6 is 0 Å². The summed E-state index contributed by atoms with van der Waals surface area (Å²) < 4.78 is 5.23. The molecule has 0 unspecified atom stereocenters. The van der Waals surface area contributed by atoms with Gasteiger partial charge in [-0.1, -0.05) is 12.1 Å². The normalized spacial score (nSPS) is 10.8. The van der Waals surface area contributed by atoms with Crippen molar-refractivity contribution in [1.29, 1.82) is 0 Å². The molecule has 1 aromatic carbocycles. The van der Waals surface area contributed by atoms with Crippen LogP contribution in [0.25, 0.3) is 0 Å². The quantitative estimate of drug-likeness (QED) is 0.773. The standard InChI is InChI=1S/C14H15N3O/c1-11-9-15-10-12(17-11)7-8-16-13-5-3-4-6-14(13)18-2/h3-6,8-10H,7H2,1-2H3. The van der Waals surface area contributed by atoms with Crippen LogP contribution < -0.4 is 4.74 Å². The molecule has 0 fully saturated rings. The molecular formula is C14H15N3O. The van der Waals surface area contributed by atoms with Gasteiger partial charge in [-0.2, -0.15) is 0 Å². The van der Waals surface area contributed by atoms with Crippen LogP contribution in [-0.2, 0) is 6.42 Å². The average molecular weight is 241 g/mol. The first-order valence-electron chi connectivity index (χ1n) is 5.72. The molecule has 0 bridgehead atoms. The van der Waals surface area contributed by atoms with E-state index in [2.05, 4.69) is 15.0 Å². The molecule has 1 aromatic heterocycles. The molecule has 92 valence electrons. The van der Waals surface area contributed by atoms with Crippen molar-refractivity contribution in [3.05, 3.63) is 48.0 Å². The van der Waals surface area contributed by atoms with Gasteiger partial charge in [0.25, 0.3) is 0 Å². The Morgan fingerprint density at radius 2 is 2.11 bits per heavy atom. The summed E-state index contributed by atoms with van der Waals surface area (Å²) in [5, 5.41) is 0. The SMILES string of the molecule is COc1ccccc1N=CCc1cncc(C)n1. The summed E-state index contributed by atoms with van der Waals surface area (Å²) in [7, 11) is 1.64. The van der Waals surface area contributed by atoms with Crippen molar-refractivity contribution in [2.24, 2.45) is 4.99 Å². The lowest BCUT2D eigenvalue weighted by Gasteiger charge is -2.02. The molecule has 2 aromatic rings. The maximum Gasteiger partial charge on any atom is 0.144 e. The molecule has 2 rings (SSSR count). The first-order valence-corrected chi connectivity index (χ1v) is 5.72. The molecule has 0 aliphatic rings. The third-order valence-corrected chi connectivity index (χ3v) is 2.42. The fourth-order valence-electron chi connectivity index (χ4n) is 1.59. The van der Waals surface area contributed by atoms with Gasteiger partial charge in [-0.3, -0.25) is 15.0 Å². The zero-order valence-corrected chi connectivity index (χ0v) is 10.5. The number of para-hydroxylation sites is 2. The predicted octanol–water partition coefficient (Wildman–Crippen LogP) is 2.74. The monoisotopic (exact) mass is 241 g/mol. The Kier molecular flexibility index (Phi) is 4.02. The van der Waals surface area contributed by atoms with Crippen LogP contribution in [0.5, 0.6) is 5.75 Å². The zero-order chi connectivity index (χ0) is 12.8. The highest BCUT2D eigenvalue weighted by molar-refractivity contribution is 5.68. The minimum absolute atomic E-state index is 0.659. The Labute approximate surface area is 106 Å². The maximum atomic E-state index is 5.23. The molecule has 0 saturated heterocycles. The lowest BCUT2D eigenvalue weighted by atomic mass is 10.3. The second-order valence-corrected chi connectivity index (χ2v) is 3.84. The van der Waals surface area contributed by atoms with Crippen LogP contribution in [0.4, 0.5) is 5.69 Å². The summed E-state index contributed by atoms with van der Waals surface area (Å²) in [4.78, 5) is 12.8. The molecule has 0 amide bonds. The number of ether oxygens (including phenoxy) is 1. The van der Waals surface area contributed by atoms with Gasteiger partial charge in [0.15, 0.2) is 0 Å². The van der Waals surface area contributed by atoms with E-state index in [0.717, 1.165) is 22.8 Å². The fraction of sp³-hybridized carbons (Fsp3) is 0.214. The van der Waals surface area contributed by atoms with E-state index in [-0.39, 0.29) is 0 Å². The molecule has 4 heteroatoms. The predicted molar refractivity (Wildman–Crippen MR) is 71.6 cm³/mol. The molecule has 0 atom stereocenters. The second kappa shape index (κ2) is 5.91. The zero-order valence-electron chi connectivity index (χ0n) is 10.5. The molecule has 4 nitrogen and oxygen atoms in total. The molecule has 0 N–H and O–H groups in total. The summed E-state index contributed by atoms with van der Waals surface area (Å²) in [6, 6.07) is 7.65. The molecular weight excluding hydrogens is 226 g/mol. The van der Waals surface area contributed by atoms with Crippen LogP contribution in [0, 0.1) is 6.92 Å². The Morgan fingerprint density at radius 1 is 1.28 bits per heavy atom. The number of hydrogen-bond acceptors (Lipinski definition) is 4. The molecule has 0 aliphatic carbocycles. The minimum Gasteiger partial charge on any atom is -0.494 e. The molecule has 1 heterocycles. The summed E-state index contributed by atoms with van der Waals surface area (Å²) >= 11 is 0. The Balaban J connectivity index is 2.07. The molecule has 0 aliphatic heterocycles. The van der Waals surface area contributed by atoms with Gasteiger partial charge in [0, 0.05) is 25.0 Å². The molecule has 0 saturated carbocycles. The Hall–Kier alpha value is -2.23. The van der Waals surface area contributed by atoms with Crippen LogP contribution in [0.2, 0.25) is 0 Å². The van der Waals surface area contributed by atoms with Crippen molar-refractivity contribution in [2.75, 3.05) is 7.11 Å². The van der Waals surface area contributed by atoms with E-state index in [1.165, 1.54) is 0 Å². The summed E-state index contributed by atoms with van der Waals surface area (Å²) in [5.41, 5.74) is 2.65. The number of aromatic nitrogens is 2. The fourth-order valence-corrected chi connectivity index (χ4v) is 1.59. The van der Waals surface area contributed by atoms with Gasteiger partial charge in [-0.15, -0.1) is 0 Å². The number of aryl methyl sites for hydroxylation is 1. The highest BCUT2D eigenvalue weighted by Crippen LogP contribution is 2.25. The topological polar surface area (TPSA) is 47.4 Å². The smallest absolute Gasteiger partial charge is 0.144 e. The largest absolute Gasteiger partial charge is 0.494 e. The van der Waals surface area contributed by atoms with E-state index in [9.17, 15) is 0 Å². The highest BCUT2D eigenvalue weighted by atomic mass is 16.5.